The molecule has 23 heavy (non-hydrogen) atoms. The van der Waals surface area contributed by atoms with E-state index in [1.807, 2.05) is 42.5 Å². The van der Waals surface area contributed by atoms with E-state index < -0.39 is 5.25 Å². The van der Waals surface area contributed by atoms with E-state index in [1.54, 1.807) is 25.1 Å². The Morgan fingerprint density at radius 2 is 1.70 bits per heavy atom. The molecule has 0 bridgehead atoms. The van der Waals surface area contributed by atoms with Crippen molar-refractivity contribution < 1.29 is 9.18 Å². The molecule has 3 aromatic rings. The summed E-state index contributed by atoms with van der Waals surface area (Å²) < 4.78 is 13.7. The molecule has 1 N–H and O–H groups in total. The van der Waals surface area contributed by atoms with E-state index in [1.165, 1.54) is 17.8 Å². The van der Waals surface area contributed by atoms with Crippen molar-refractivity contribution in [1.29, 1.82) is 0 Å². The van der Waals surface area contributed by atoms with Crippen molar-refractivity contribution >= 4 is 34.1 Å². The number of amides is 1. The Labute approximate surface area is 138 Å². The summed E-state index contributed by atoms with van der Waals surface area (Å²) in [7, 11) is 0. The molecule has 0 fully saturated rings. The van der Waals surface area contributed by atoms with Gasteiger partial charge in [-0.3, -0.25) is 4.79 Å². The van der Waals surface area contributed by atoms with Crippen LogP contribution in [0.4, 0.5) is 10.1 Å². The van der Waals surface area contributed by atoms with Gasteiger partial charge >= 0.3 is 0 Å². The lowest BCUT2D eigenvalue weighted by molar-refractivity contribution is -0.115. The molecule has 0 aromatic heterocycles. The van der Waals surface area contributed by atoms with Crippen LogP contribution in [0.25, 0.3) is 10.8 Å². The van der Waals surface area contributed by atoms with E-state index in [2.05, 4.69) is 5.32 Å². The first-order valence-corrected chi connectivity index (χ1v) is 8.23. The summed E-state index contributed by atoms with van der Waals surface area (Å²) >= 11 is 1.22. The van der Waals surface area contributed by atoms with Crippen molar-refractivity contribution in [3.05, 3.63) is 72.5 Å². The molecule has 0 radical (unpaired) electrons. The predicted molar refractivity (Wildman–Crippen MR) is 94.3 cm³/mol. The molecule has 0 aliphatic heterocycles. The smallest absolute Gasteiger partial charge is 0.237 e. The van der Waals surface area contributed by atoms with E-state index in [-0.39, 0.29) is 11.7 Å². The lowest BCUT2D eigenvalue weighted by Gasteiger charge is -2.14. The summed E-state index contributed by atoms with van der Waals surface area (Å²) in [6.07, 6.45) is 0. The van der Waals surface area contributed by atoms with Gasteiger partial charge in [-0.25, -0.2) is 4.39 Å². The molecule has 3 aromatic carbocycles. The van der Waals surface area contributed by atoms with Crippen molar-refractivity contribution in [1.82, 2.24) is 0 Å². The molecule has 4 heteroatoms. The van der Waals surface area contributed by atoms with E-state index in [0.717, 1.165) is 16.5 Å². The lowest BCUT2D eigenvalue weighted by atomic mass is 10.1. The largest absolute Gasteiger partial charge is 0.325 e. The van der Waals surface area contributed by atoms with E-state index >= 15 is 0 Å². The Morgan fingerprint density at radius 3 is 2.52 bits per heavy atom. The molecular weight excluding hydrogens is 309 g/mol. The second-order valence-corrected chi connectivity index (χ2v) is 6.59. The predicted octanol–water partition coefficient (Wildman–Crippen LogP) is 5.10. The van der Waals surface area contributed by atoms with E-state index in [4.69, 9.17) is 0 Å². The fraction of sp³-hybridized carbons (Fsp3) is 0.105. The van der Waals surface area contributed by atoms with Crippen LogP contribution in [-0.2, 0) is 4.79 Å². The Morgan fingerprint density at radius 1 is 1.00 bits per heavy atom. The number of hydrogen-bond acceptors (Lipinski definition) is 2. The monoisotopic (exact) mass is 325 g/mol. The first kappa shape index (κ1) is 15.6. The van der Waals surface area contributed by atoms with Crippen LogP contribution in [0.3, 0.4) is 0 Å². The van der Waals surface area contributed by atoms with E-state index in [0.29, 0.717) is 4.90 Å². The van der Waals surface area contributed by atoms with Crippen LogP contribution >= 0.6 is 11.8 Å². The van der Waals surface area contributed by atoms with Gasteiger partial charge in [0.2, 0.25) is 5.91 Å². The normalized spacial score (nSPS) is 12.1. The number of rotatable bonds is 4. The van der Waals surface area contributed by atoms with Gasteiger partial charge in [0.1, 0.15) is 5.82 Å². The summed E-state index contributed by atoms with van der Waals surface area (Å²) in [5, 5.41) is 4.61. The van der Waals surface area contributed by atoms with Crippen molar-refractivity contribution in [2.45, 2.75) is 17.1 Å². The van der Waals surface area contributed by atoms with Crippen molar-refractivity contribution in [3.8, 4) is 0 Å². The van der Waals surface area contributed by atoms with Gasteiger partial charge in [0, 0.05) is 16.0 Å². The van der Waals surface area contributed by atoms with Crippen LogP contribution in [0.2, 0.25) is 0 Å². The minimum Gasteiger partial charge on any atom is -0.325 e. The third-order valence-corrected chi connectivity index (χ3v) is 4.71. The fourth-order valence-electron chi connectivity index (χ4n) is 2.35. The molecule has 3 rings (SSSR count). The fourth-order valence-corrected chi connectivity index (χ4v) is 3.24. The second kappa shape index (κ2) is 6.84. The molecule has 0 spiro atoms. The van der Waals surface area contributed by atoms with Crippen molar-refractivity contribution in [2.75, 3.05) is 5.32 Å². The highest BCUT2D eigenvalue weighted by molar-refractivity contribution is 8.00. The van der Waals surface area contributed by atoms with Gasteiger partial charge in [-0.05, 0) is 30.5 Å². The number of benzene rings is 3. The molecule has 0 unspecified atom stereocenters. The van der Waals surface area contributed by atoms with Crippen LogP contribution in [0, 0.1) is 5.82 Å². The molecule has 1 atom stereocenters. The topological polar surface area (TPSA) is 29.1 Å². The van der Waals surface area contributed by atoms with Crippen molar-refractivity contribution in [2.24, 2.45) is 0 Å². The van der Waals surface area contributed by atoms with Gasteiger partial charge in [0.25, 0.3) is 0 Å². The Hall–Kier alpha value is -2.33. The lowest BCUT2D eigenvalue weighted by Crippen LogP contribution is -2.22. The first-order valence-electron chi connectivity index (χ1n) is 7.35. The highest BCUT2D eigenvalue weighted by Gasteiger charge is 2.17. The number of carbonyl (C=O) groups excluding carboxylic acids is 1. The first-order chi connectivity index (χ1) is 11.1. The summed E-state index contributed by atoms with van der Waals surface area (Å²) in [6.45, 7) is 1.78. The Kier molecular flexibility index (Phi) is 4.63. The van der Waals surface area contributed by atoms with Gasteiger partial charge in [-0.15, -0.1) is 11.8 Å². The zero-order valence-electron chi connectivity index (χ0n) is 12.6. The quantitative estimate of drug-likeness (QED) is 0.676. The Bertz CT molecular complexity index is 844. The van der Waals surface area contributed by atoms with Gasteiger partial charge in [0.15, 0.2) is 0 Å². The number of thioether (sulfide) groups is 1. The number of carbonyl (C=O) groups is 1. The van der Waals surface area contributed by atoms with Crippen LogP contribution in [-0.4, -0.2) is 11.2 Å². The standard InChI is InChI=1S/C19H16FNOS/c1-13(23-18-12-5-4-10-16(18)20)19(22)21-17-11-6-8-14-7-2-3-9-15(14)17/h2-13H,1H3,(H,21,22)/t13-/m1/s1. The summed E-state index contributed by atoms with van der Waals surface area (Å²) in [5.41, 5.74) is 0.772. The minimum absolute atomic E-state index is 0.144. The third-order valence-electron chi connectivity index (χ3n) is 3.56. The van der Waals surface area contributed by atoms with Gasteiger partial charge in [-0.2, -0.15) is 0 Å². The summed E-state index contributed by atoms with van der Waals surface area (Å²) in [6, 6.07) is 20.2. The molecule has 0 heterocycles. The van der Waals surface area contributed by atoms with Crippen LogP contribution < -0.4 is 5.32 Å². The Balaban J connectivity index is 1.77. The zero-order chi connectivity index (χ0) is 16.2. The van der Waals surface area contributed by atoms with Crippen LogP contribution in [0.1, 0.15) is 6.92 Å². The molecule has 1 amide bonds. The molecular formula is C19H16FNOS. The molecule has 0 saturated heterocycles. The number of hydrogen-bond donors (Lipinski definition) is 1. The maximum atomic E-state index is 13.7. The molecule has 116 valence electrons. The SMILES string of the molecule is C[C@@H](Sc1ccccc1F)C(=O)Nc1cccc2ccccc12. The van der Waals surface area contributed by atoms with E-state index in [9.17, 15) is 9.18 Å². The van der Waals surface area contributed by atoms with Gasteiger partial charge in [-0.1, -0.05) is 48.5 Å². The third kappa shape index (κ3) is 3.54. The van der Waals surface area contributed by atoms with Gasteiger partial charge < -0.3 is 5.32 Å². The van der Waals surface area contributed by atoms with Crippen LogP contribution in [0.15, 0.2) is 71.6 Å². The summed E-state index contributed by atoms with van der Waals surface area (Å²) in [5.74, 6) is -0.447. The number of nitrogens with one attached hydrogen (secondary N) is 1. The van der Waals surface area contributed by atoms with Crippen LogP contribution in [0.5, 0.6) is 0 Å². The molecule has 2 nitrogen and oxygen atoms in total. The summed E-state index contributed by atoms with van der Waals surface area (Å²) in [4.78, 5) is 12.9. The number of halogens is 1. The maximum Gasteiger partial charge on any atom is 0.237 e. The molecule has 0 aliphatic rings. The maximum absolute atomic E-state index is 13.7. The zero-order valence-corrected chi connectivity index (χ0v) is 13.4. The van der Waals surface area contributed by atoms with Crippen molar-refractivity contribution in [3.63, 3.8) is 0 Å². The van der Waals surface area contributed by atoms with Gasteiger partial charge in [0.05, 0.1) is 5.25 Å². The number of anilines is 1. The average Bonchev–Trinajstić information content (AvgIpc) is 2.57. The highest BCUT2D eigenvalue weighted by Crippen LogP contribution is 2.28. The number of fused-ring (bicyclic) bond motifs is 1. The minimum atomic E-state index is -0.397. The molecule has 0 aliphatic carbocycles. The second-order valence-electron chi connectivity index (χ2n) is 5.21. The molecule has 0 saturated carbocycles. The average molecular weight is 325 g/mol. The highest BCUT2D eigenvalue weighted by atomic mass is 32.2.